The fraction of sp³-hybridized carbons (Fsp3) is 0.0667. The third-order valence-electron chi connectivity index (χ3n) is 3.11. The number of aromatic nitrogens is 3. The number of esters is 1. The summed E-state index contributed by atoms with van der Waals surface area (Å²) in [6.07, 6.45) is 0. The summed E-state index contributed by atoms with van der Waals surface area (Å²) in [5, 5.41) is 8.34. The van der Waals surface area contributed by atoms with Gasteiger partial charge in [-0.1, -0.05) is 46.6 Å². The maximum Gasteiger partial charge on any atom is 0.342 e. The molecule has 0 aliphatic heterocycles. The lowest BCUT2D eigenvalue weighted by atomic mass is 10.2. The molecule has 0 aliphatic carbocycles. The molecule has 1 heterocycles. The van der Waals surface area contributed by atoms with Crippen LogP contribution < -0.4 is 5.56 Å². The van der Waals surface area contributed by atoms with Gasteiger partial charge in [0.1, 0.15) is 5.52 Å². The lowest BCUT2D eigenvalue weighted by Crippen LogP contribution is -2.26. The Hall–Kier alpha value is -2.44. The van der Waals surface area contributed by atoms with Gasteiger partial charge in [-0.25, -0.2) is 4.79 Å². The second-order valence-electron chi connectivity index (χ2n) is 4.57. The SMILES string of the molecule is O=C(OCn1nnc2ccccc2c1=O)c1c(Cl)cccc1Cl. The molecule has 1 aromatic heterocycles. The third kappa shape index (κ3) is 3.04. The number of carbonyl (C=O) groups is 1. The Morgan fingerprint density at radius 2 is 1.78 bits per heavy atom. The quantitative estimate of drug-likeness (QED) is 0.679. The van der Waals surface area contributed by atoms with E-state index in [1.807, 2.05) is 0 Å². The van der Waals surface area contributed by atoms with E-state index in [1.54, 1.807) is 30.3 Å². The van der Waals surface area contributed by atoms with Crippen molar-refractivity contribution in [2.45, 2.75) is 6.73 Å². The van der Waals surface area contributed by atoms with Crippen molar-refractivity contribution >= 4 is 40.1 Å². The van der Waals surface area contributed by atoms with Crippen molar-refractivity contribution in [2.75, 3.05) is 0 Å². The molecule has 8 heteroatoms. The molecule has 0 fully saturated rings. The zero-order chi connectivity index (χ0) is 16.4. The largest absolute Gasteiger partial charge is 0.438 e. The summed E-state index contributed by atoms with van der Waals surface area (Å²) in [4.78, 5) is 24.3. The minimum atomic E-state index is -0.748. The Labute approximate surface area is 140 Å². The predicted molar refractivity (Wildman–Crippen MR) is 85.7 cm³/mol. The molecule has 0 N–H and O–H groups in total. The highest BCUT2D eigenvalue weighted by Gasteiger charge is 2.16. The second kappa shape index (κ2) is 6.36. The summed E-state index contributed by atoms with van der Waals surface area (Å²) in [5.41, 5.74) is 0.0977. The standard InChI is InChI=1S/C15H9Cl2N3O3/c16-10-5-3-6-11(17)13(10)15(22)23-8-20-14(21)9-4-1-2-7-12(9)18-19-20/h1-7H,8H2. The molecular formula is C15H9Cl2N3O3. The predicted octanol–water partition coefficient (Wildman–Crippen LogP) is 2.91. The van der Waals surface area contributed by atoms with E-state index in [-0.39, 0.29) is 15.6 Å². The lowest BCUT2D eigenvalue weighted by molar-refractivity contribution is 0.0336. The summed E-state index contributed by atoms with van der Waals surface area (Å²) in [6.45, 7) is -0.392. The van der Waals surface area contributed by atoms with Crippen LogP contribution >= 0.6 is 23.2 Å². The number of rotatable bonds is 3. The summed E-state index contributed by atoms with van der Waals surface area (Å²) in [7, 11) is 0. The smallest absolute Gasteiger partial charge is 0.342 e. The molecule has 116 valence electrons. The monoisotopic (exact) mass is 349 g/mol. The van der Waals surface area contributed by atoms with Crippen LogP contribution in [-0.2, 0) is 11.5 Å². The molecule has 2 aromatic carbocycles. The van der Waals surface area contributed by atoms with Gasteiger partial charge in [-0.15, -0.1) is 5.10 Å². The summed E-state index contributed by atoms with van der Waals surface area (Å²) >= 11 is 11.9. The minimum absolute atomic E-state index is 0.0395. The first-order valence-corrected chi connectivity index (χ1v) is 7.27. The summed E-state index contributed by atoms with van der Waals surface area (Å²) in [5.74, 6) is -0.748. The van der Waals surface area contributed by atoms with E-state index in [1.165, 1.54) is 12.1 Å². The van der Waals surface area contributed by atoms with Crippen molar-refractivity contribution in [1.29, 1.82) is 0 Å². The highest BCUT2D eigenvalue weighted by atomic mass is 35.5. The van der Waals surface area contributed by atoms with Gasteiger partial charge < -0.3 is 4.74 Å². The number of benzene rings is 2. The molecule has 0 saturated carbocycles. The van der Waals surface area contributed by atoms with Crippen LogP contribution in [0.25, 0.3) is 10.9 Å². The van der Waals surface area contributed by atoms with E-state index in [2.05, 4.69) is 10.3 Å². The first kappa shape index (κ1) is 15.5. The summed E-state index contributed by atoms with van der Waals surface area (Å²) < 4.78 is 6.01. The second-order valence-corrected chi connectivity index (χ2v) is 5.38. The van der Waals surface area contributed by atoms with Crippen LogP contribution in [0.1, 0.15) is 10.4 Å². The van der Waals surface area contributed by atoms with Gasteiger partial charge in [0.05, 0.1) is 21.0 Å². The van der Waals surface area contributed by atoms with Crippen LogP contribution in [0, 0.1) is 0 Å². The van der Waals surface area contributed by atoms with Crippen molar-refractivity contribution < 1.29 is 9.53 Å². The topological polar surface area (TPSA) is 74.1 Å². The number of nitrogens with zero attached hydrogens (tertiary/aromatic N) is 3. The van der Waals surface area contributed by atoms with Crippen LogP contribution in [0.3, 0.4) is 0 Å². The highest BCUT2D eigenvalue weighted by Crippen LogP contribution is 2.24. The Kier molecular flexibility index (Phi) is 4.27. The maximum atomic E-state index is 12.2. The van der Waals surface area contributed by atoms with Gasteiger partial charge in [0.25, 0.3) is 5.56 Å². The number of halogens is 2. The number of fused-ring (bicyclic) bond motifs is 1. The summed E-state index contributed by atoms with van der Waals surface area (Å²) in [6, 6.07) is 11.4. The van der Waals surface area contributed by atoms with Crippen molar-refractivity contribution in [3.05, 3.63) is 68.4 Å². The van der Waals surface area contributed by atoms with Crippen LogP contribution in [-0.4, -0.2) is 21.0 Å². The normalized spacial score (nSPS) is 10.7. The molecule has 0 spiro atoms. The van der Waals surface area contributed by atoms with Gasteiger partial charge in [0, 0.05) is 0 Å². The van der Waals surface area contributed by atoms with Gasteiger partial charge in [-0.05, 0) is 24.3 Å². The van der Waals surface area contributed by atoms with Gasteiger partial charge in [-0.2, -0.15) is 4.68 Å². The molecule has 23 heavy (non-hydrogen) atoms. The highest BCUT2D eigenvalue weighted by molar-refractivity contribution is 6.39. The molecule has 0 bridgehead atoms. The van der Waals surface area contributed by atoms with E-state index >= 15 is 0 Å². The first-order valence-electron chi connectivity index (χ1n) is 6.51. The van der Waals surface area contributed by atoms with E-state index in [0.29, 0.717) is 10.9 Å². The molecule has 0 radical (unpaired) electrons. The van der Waals surface area contributed by atoms with Crippen molar-refractivity contribution in [1.82, 2.24) is 15.0 Å². The van der Waals surface area contributed by atoms with E-state index in [4.69, 9.17) is 27.9 Å². The Morgan fingerprint density at radius 3 is 2.52 bits per heavy atom. The Balaban J connectivity index is 1.85. The van der Waals surface area contributed by atoms with Gasteiger partial charge in [0.2, 0.25) is 0 Å². The Morgan fingerprint density at radius 1 is 1.09 bits per heavy atom. The van der Waals surface area contributed by atoms with Crippen molar-refractivity contribution in [3.8, 4) is 0 Å². The number of ether oxygens (including phenoxy) is 1. The average Bonchev–Trinajstić information content (AvgIpc) is 2.54. The fourth-order valence-corrected chi connectivity index (χ4v) is 2.54. The van der Waals surface area contributed by atoms with Crippen molar-refractivity contribution in [2.24, 2.45) is 0 Å². The number of hydrogen-bond donors (Lipinski definition) is 0. The third-order valence-corrected chi connectivity index (χ3v) is 3.74. The molecule has 0 amide bonds. The van der Waals surface area contributed by atoms with Crippen LogP contribution in [0.5, 0.6) is 0 Å². The fourth-order valence-electron chi connectivity index (χ4n) is 1.99. The van der Waals surface area contributed by atoms with E-state index in [0.717, 1.165) is 4.68 Å². The molecule has 3 rings (SSSR count). The van der Waals surface area contributed by atoms with Crippen molar-refractivity contribution in [3.63, 3.8) is 0 Å². The molecule has 0 unspecified atom stereocenters. The average molecular weight is 350 g/mol. The van der Waals surface area contributed by atoms with Gasteiger partial charge in [0.15, 0.2) is 6.73 Å². The number of carbonyl (C=O) groups excluding carboxylic acids is 1. The molecule has 0 saturated heterocycles. The van der Waals surface area contributed by atoms with Gasteiger partial charge in [-0.3, -0.25) is 4.79 Å². The van der Waals surface area contributed by atoms with Crippen LogP contribution in [0.2, 0.25) is 10.0 Å². The zero-order valence-electron chi connectivity index (χ0n) is 11.6. The first-order chi connectivity index (χ1) is 11.1. The molecular weight excluding hydrogens is 341 g/mol. The lowest BCUT2D eigenvalue weighted by Gasteiger charge is -2.08. The van der Waals surface area contributed by atoms with E-state index < -0.39 is 18.3 Å². The minimum Gasteiger partial charge on any atom is -0.438 e. The van der Waals surface area contributed by atoms with E-state index in [9.17, 15) is 9.59 Å². The molecule has 0 aliphatic rings. The van der Waals surface area contributed by atoms with Gasteiger partial charge >= 0.3 is 5.97 Å². The zero-order valence-corrected chi connectivity index (χ0v) is 13.1. The molecule has 0 atom stereocenters. The van der Waals surface area contributed by atoms with Crippen LogP contribution in [0.15, 0.2) is 47.3 Å². The number of hydrogen-bond acceptors (Lipinski definition) is 5. The Bertz CT molecular complexity index is 936. The molecule has 6 nitrogen and oxygen atoms in total. The van der Waals surface area contributed by atoms with Crippen LogP contribution in [0.4, 0.5) is 0 Å². The molecule has 3 aromatic rings. The maximum absolute atomic E-state index is 12.2.